The van der Waals surface area contributed by atoms with E-state index in [1.807, 2.05) is 0 Å². The first-order chi connectivity index (χ1) is 18.7. The number of carbonyl (C=O) groups is 2. The van der Waals surface area contributed by atoms with Gasteiger partial charge in [-0.15, -0.1) is 0 Å². The minimum absolute atomic E-state index is 0.0462. The van der Waals surface area contributed by atoms with Crippen molar-refractivity contribution < 1.29 is 29.3 Å². The molecule has 40 heavy (non-hydrogen) atoms. The minimum atomic E-state index is -0.442. The zero-order chi connectivity index (χ0) is 29.3. The van der Waals surface area contributed by atoms with E-state index in [9.17, 15) is 19.8 Å². The van der Waals surface area contributed by atoms with E-state index in [1.54, 1.807) is 0 Å². The Morgan fingerprint density at radius 1 is 0.825 bits per heavy atom. The summed E-state index contributed by atoms with van der Waals surface area (Å²) in [5.74, 6) is 1.48. The third-order valence-electron chi connectivity index (χ3n) is 14.3. The molecule has 0 amide bonds. The first-order valence-electron chi connectivity index (χ1n) is 15.9. The summed E-state index contributed by atoms with van der Waals surface area (Å²) in [4.78, 5) is 23.6. The molecule has 6 heteroatoms. The van der Waals surface area contributed by atoms with Crippen LogP contribution in [0.1, 0.15) is 106 Å². The summed E-state index contributed by atoms with van der Waals surface area (Å²) >= 11 is 0. The summed E-state index contributed by atoms with van der Waals surface area (Å²) < 4.78 is 11.2. The van der Waals surface area contributed by atoms with Gasteiger partial charge in [-0.3, -0.25) is 9.59 Å². The first-order valence-corrected chi connectivity index (χ1v) is 15.9. The molecule has 0 radical (unpaired) electrons. The predicted molar refractivity (Wildman–Crippen MR) is 154 cm³/mol. The lowest BCUT2D eigenvalue weighted by Crippen LogP contribution is -2.67. The fraction of sp³-hybridized carbons (Fsp3) is 0.882. The van der Waals surface area contributed by atoms with Gasteiger partial charge in [0, 0.05) is 24.7 Å². The highest BCUT2D eigenvalue weighted by Crippen LogP contribution is 2.77. The number of aliphatic hydroxyl groups excluding tert-OH is 2. The van der Waals surface area contributed by atoms with Crippen LogP contribution in [0, 0.1) is 56.7 Å². The fourth-order valence-electron chi connectivity index (χ4n) is 12.0. The summed E-state index contributed by atoms with van der Waals surface area (Å²) in [5.41, 5.74) is 0.897. The largest absolute Gasteiger partial charge is 0.465 e. The van der Waals surface area contributed by atoms with Crippen LogP contribution in [0.5, 0.6) is 0 Å². The van der Waals surface area contributed by atoms with E-state index in [0.29, 0.717) is 30.3 Å². The smallest absolute Gasteiger partial charge is 0.302 e. The molecule has 4 unspecified atom stereocenters. The van der Waals surface area contributed by atoms with Crippen LogP contribution in [-0.2, 0) is 19.1 Å². The number of rotatable bonds is 6. The van der Waals surface area contributed by atoms with Crippen LogP contribution in [-0.4, -0.2) is 48.1 Å². The van der Waals surface area contributed by atoms with Crippen molar-refractivity contribution in [1.29, 1.82) is 0 Å². The van der Waals surface area contributed by atoms with Crippen molar-refractivity contribution in [3.8, 4) is 0 Å². The van der Waals surface area contributed by atoms with Gasteiger partial charge >= 0.3 is 11.9 Å². The van der Waals surface area contributed by atoms with Crippen LogP contribution in [0.3, 0.4) is 0 Å². The molecule has 0 heterocycles. The zero-order valence-corrected chi connectivity index (χ0v) is 25.9. The van der Waals surface area contributed by atoms with Gasteiger partial charge in [-0.2, -0.15) is 0 Å². The van der Waals surface area contributed by atoms with Crippen molar-refractivity contribution in [2.75, 3.05) is 19.8 Å². The van der Waals surface area contributed by atoms with Crippen molar-refractivity contribution in [2.45, 2.75) is 112 Å². The number of aliphatic hydroxyl groups is 2. The summed E-state index contributed by atoms with van der Waals surface area (Å²) in [6.07, 6.45) is 10.0. The van der Waals surface area contributed by atoms with E-state index >= 15 is 0 Å². The molecule has 0 aliphatic heterocycles. The van der Waals surface area contributed by atoms with Crippen molar-refractivity contribution in [2.24, 2.45) is 56.7 Å². The van der Waals surface area contributed by atoms with E-state index in [0.717, 1.165) is 69.8 Å². The molecule has 0 saturated heterocycles. The molecule has 0 aromatic rings. The molecule has 11 atom stereocenters. The number of esters is 2. The van der Waals surface area contributed by atoms with Crippen molar-refractivity contribution >= 4 is 11.9 Å². The fourth-order valence-corrected chi connectivity index (χ4v) is 12.0. The van der Waals surface area contributed by atoms with Gasteiger partial charge in [0.05, 0.1) is 19.3 Å². The molecule has 5 aliphatic rings. The molecule has 0 spiro atoms. The molecule has 2 N–H and O–H groups in total. The van der Waals surface area contributed by atoms with Gasteiger partial charge in [-0.25, -0.2) is 0 Å². The number of carbonyl (C=O) groups excluding carboxylic acids is 2. The zero-order valence-electron chi connectivity index (χ0n) is 25.9. The Balaban J connectivity index is 1.51. The molecule has 6 nitrogen and oxygen atoms in total. The first kappa shape index (κ1) is 30.1. The monoisotopic (exact) mass is 558 g/mol. The Kier molecular flexibility index (Phi) is 7.60. The lowest BCUT2D eigenvalue weighted by molar-refractivity contribution is -0.255. The van der Waals surface area contributed by atoms with Crippen LogP contribution >= 0.6 is 0 Å². The topological polar surface area (TPSA) is 93.1 Å². The second-order valence-electron chi connectivity index (χ2n) is 15.6. The Bertz CT molecular complexity index is 1040. The SMILES string of the molecule is C=C(COC(C)=O)[C@@H]1CC[C@]2(COC(C)=O)CC[C@]3(C)C(CCC4[C@@]5(C)CCC(O)[C@@](C)(CO)[C@@H]5CC[C@]43C)C12. The second kappa shape index (κ2) is 10.1. The summed E-state index contributed by atoms with van der Waals surface area (Å²) in [5, 5.41) is 21.5. The highest BCUT2D eigenvalue weighted by molar-refractivity contribution is 5.66. The Labute approximate surface area is 241 Å². The average molecular weight is 559 g/mol. The van der Waals surface area contributed by atoms with Gasteiger partial charge in [0.1, 0.15) is 6.61 Å². The molecule has 0 bridgehead atoms. The number of fused-ring (bicyclic) bond motifs is 7. The van der Waals surface area contributed by atoms with Gasteiger partial charge in [0.2, 0.25) is 0 Å². The van der Waals surface area contributed by atoms with Crippen LogP contribution in [0.2, 0.25) is 0 Å². The lowest BCUT2D eigenvalue weighted by atomic mass is 9.32. The third kappa shape index (κ3) is 4.16. The molecule has 5 saturated carbocycles. The Hall–Kier alpha value is -1.40. The molecule has 226 valence electrons. The van der Waals surface area contributed by atoms with E-state index < -0.39 is 11.5 Å². The van der Waals surface area contributed by atoms with Crippen molar-refractivity contribution in [1.82, 2.24) is 0 Å². The van der Waals surface area contributed by atoms with Gasteiger partial charge in [-0.05, 0) is 116 Å². The van der Waals surface area contributed by atoms with Gasteiger partial charge < -0.3 is 19.7 Å². The van der Waals surface area contributed by atoms with Crippen LogP contribution in [0.4, 0.5) is 0 Å². The molecular weight excluding hydrogens is 504 g/mol. The van der Waals surface area contributed by atoms with E-state index in [4.69, 9.17) is 9.47 Å². The van der Waals surface area contributed by atoms with Crippen molar-refractivity contribution in [3.63, 3.8) is 0 Å². The number of hydrogen-bond acceptors (Lipinski definition) is 6. The standard InChI is InChI=1S/C34H54O6/c1-21(18-39-22(2)36)24-10-15-34(20-40-23(3)37)17-16-32(6)25(29(24)34)8-9-27-30(4)13-12-28(38)31(5,19-35)26(30)11-14-33(27,32)7/h24-29,35,38H,1,8-20H2,2-7H3/t24-,25?,26+,27?,28?,29?,30-,31-,32+,33+,34+/m0/s1. The number of ether oxygens (including phenoxy) is 2. The Morgan fingerprint density at radius 2 is 1.52 bits per heavy atom. The predicted octanol–water partition coefficient (Wildman–Crippen LogP) is 6.08. The van der Waals surface area contributed by atoms with E-state index in [1.165, 1.54) is 13.8 Å². The number of hydrogen-bond donors (Lipinski definition) is 2. The van der Waals surface area contributed by atoms with Crippen LogP contribution in [0.25, 0.3) is 0 Å². The van der Waals surface area contributed by atoms with E-state index in [-0.39, 0.29) is 52.7 Å². The summed E-state index contributed by atoms with van der Waals surface area (Å²) in [6.45, 7) is 18.0. The summed E-state index contributed by atoms with van der Waals surface area (Å²) in [7, 11) is 0. The summed E-state index contributed by atoms with van der Waals surface area (Å²) in [6, 6.07) is 0. The van der Waals surface area contributed by atoms with Gasteiger partial charge in [0.15, 0.2) is 0 Å². The molecule has 5 aliphatic carbocycles. The highest BCUT2D eigenvalue weighted by Gasteiger charge is 2.71. The molecule has 5 rings (SSSR count). The Morgan fingerprint density at radius 3 is 2.17 bits per heavy atom. The maximum atomic E-state index is 12.0. The van der Waals surface area contributed by atoms with Crippen molar-refractivity contribution in [3.05, 3.63) is 12.2 Å². The molecular formula is C34H54O6. The maximum Gasteiger partial charge on any atom is 0.302 e. The lowest BCUT2D eigenvalue weighted by Gasteiger charge is -2.73. The minimum Gasteiger partial charge on any atom is -0.465 e. The highest BCUT2D eigenvalue weighted by atomic mass is 16.5. The average Bonchev–Trinajstić information content (AvgIpc) is 3.29. The van der Waals surface area contributed by atoms with Gasteiger partial charge in [0.25, 0.3) is 0 Å². The molecule has 0 aromatic heterocycles. The second-order valence-corrected chi connectivity index (χ2v) is 15.6. The maximum absolute atomic E-state index is 12.0. The molecule has 5 fully saturated rings. The van der Waals surface area contributed by atoms with Crippen LogP contribution in [0.15, 0.2) is 12.2 Å². The quantitative estimate of drug-likeness (QED) is 0.303. The van der Waals surface area contributed by atoms with Gasteiger partial charge in [-0.1, -0.05) is 34.3 Å². The molecule has 0 aromatic carbocycles. The van der Waals surface area contributed by atoms with E-state index in [2.05, 4.69) is 34.3 Å². The van der Waals surface area contributed by atoms with Crippen LogP contribution < -0.4 is 0 Å². The third-order valence-corrected chi connectivity index (χ3v) is 14.3. The normalized spacial score (nSPS) is 49.6.